The third-order valence-corrected chi connectivity index (χ3v) is 4.79. The van der Waals surface area contributed by atoms with E-state index in [1.165, 1.54) is 17.7 Å². The number of nitrogens with two attached hydrogens (primary N) is 1. The predicted octanol–water partition coefficient (Wildman–Crippen LogP) is 2.35. The average molecular weight is 456 g/mol. The number of nitrogens with zero attached hydrogens (tertiary/aromatic N) is 3. The second-order valence-electron chi connectivity index (χ2n) is 6.06. The molecule has 4 rings (SSSR count). The second kappa shape index (κ2) is 7.06. The first-order chi connectivity index (χ1) is 13.9. The molecule has 0 aliphatic heterocycles. The number of primary amides is 1. The number of aromatic nitrogens is 4. The fourth-order valence-corrected chi connectivity index (χ4v) is 3.37. The maximum atomic E-state index is 12.7. The number of halogens is 1. The number of methoxy groups -OCH3 is 1. The molecule has 0 saturated carbocycles. The molecule has 4 N–H and O–H groups in total. The van der Waals surface area contributed by atoms with Gasteiger partial charge in [-0.3, -0.25) is 4.79 Å². The van der Waals surface area contributed by atoms with Crippen LogP contribution in [-0.4, -0.2) is 37.6 Å². The minimum absolute atomic E-state index is 0.0350. The van der Waals surface area contributed by atoms with Crippen LogP contribution in [0, 0.1) is 0 Å². The Balaban J connectivity index is 2.11. The van der Waals surface area contributed by atoms with Gasteiger partial charge in [0, 0.05) is 4.47 Å². The van der Waals surface area contributed by atoms with E-state index >= 15 is 0 Å². The number of carbonyl (C=O) groups excluding carboxylic acids is 1. The lowest BCUT2D eigenvalue weighted by atomic mass is 10.2. The zero-order chi connectivity index (χ0) is 20.7. The number of hydrogen-bond donors (Lipinski definition) is 3. The van der Waals surface area contributed by atoms with Crippen LogP contribution < -0.4 is 16.2 Å². The Kier molecular flexibility index (Phi) is 4.55. The number of carbonyl (C=O) groups is 1. The number of aromatic hydroxyl groups is 1. The summed E-state index contributed by atoms with van der Waals surface area (Å²) >= 11 is 3.33. The number of phenolic OH excluding ortho intramolecular Hbond substituents is 1. The highest BCUT2D eigenvalue weighted by molar-refractivity contribution is 9.10. The number of amides is 1. The summed E-state index contributed by atoms with van der Waals surface area (Å²) in [6, 6.07) is 11.6. The van der Waals surface area contributed by atoms with Crippen molar-refractivity contribution in [3.63, 3.8) is 0 Å². The van der Waals surface area contributed by atoms with Crippen molar-refractivity contribution in [2.24, 2.45) is 5.73 Å². The lowest BCUT2D eigenvalue weighted by Crippen LogP contribution is -2.16. The van der Waals surface area contributed by atoms with E-state index in [1.807, 2.05) is 0 Å². The van der Waals surface area contributed by atoms with Crippen LogP contribution in [0.1, 0.15) is 10.5 Å². The molecule has 0 aliphatic rings. The van der Waals surface area contributed by atoms with E-state index in [2.05, 4.69) is 30.9 Å². The number of H-pyrrole nitrogens is 1. The van der Waals surface area contributed by atoms with Crippen molar-refractivity contribution in [3.8, 4) is 28.6 Å². The predicted molar refractivity (Wildman–Crippen MR) is 109 cm³/mol. The molecule has 2 heterocycles. The van der Waals surface area contributed by atoms with Crippen molar-refractivity contribution in [1.29, 1.82) is 0 Å². The van der Waals surface area contributed by atoms with Crippen LogP contribution in [0.3, 0.4) is 0 Å². The molecule has 0 bridgehead atoms. The number of phenols is 1. The maximum absolute atomic E-state index is 12.7. The average Bonchev–Trinajstić information content (AvgIpc) is 3.04. The Hall–Kier alpha value is -3.66. The number of hydrogen-bond acceptors (Lipinski definition) is 6. The maximum Gasteiger partial charge on any atom is 0.332 e. The molecule has 1 amide bonds. The molecule has 0 spiro atoms. The smallest absolute Gasteiger partial charge is 0.332 e. The summed E-state index contributed by atoms with van der Waals surface area (Å²) < 4.78 is 7.28. The van der Waals surface area contributed by atoms with E-state index in [-0.39, 0.29) is 34.0 Å². The quantitative estimate of drug-likeness (QED) is 0.431. The van der Waals surface area contributed by atoms with Crippen molar-refractivity contribution >= 4 is 33.0 Å². The molecule has 0 radical (unpaired) electrons. The largest absolute Gasteiger partial charge is 0.507 e. The van der Waals surface area contributed by atoms with Crippen LogP contribution in [0.2, 0.25) is 0 Å². The summed E-state index contributed by atoms with van der Waals surface area (Å²) in [5.74, 6) is -0.472. The third kappa shape index (κ3) is 3.13. The van der Waals surface area contributed by atoms with E-state index in [1.54, 1.807) is 36.4 Å². The summed E-state index contributed by atoms with van der Waals surface area (Å²) in [6.45, 7) is 0. The van der Waals surface area contributed by atoms with E-state index in [0.717, 1.165) is 0 Å². The van der Waals surface area contributed by atoms with Gasteiger partial charge < -0.3 is 20.6 Å². The number of fused-ring (bicyclic) bond motifs is 1. The number of ether oxygens (including phenoxy) is 1. The number of rotatable bonds is 4. The monoisotopic (exact) mass is 455 g/mol. The first-order valence-corrected chi connectivity index (χ1v) is 9.15. The summed E-state index contributed by atoms with van der Waals surface area (Å²) in [5, 5.41) is 10.3. The molecule has 0 saturated heterocycles. The lowest BCUT2D eigenvalue weighted by Gasteiger charge is -2.10. The zero-order valence-electron chi connectivity index (χ0n) is 15.0. The van der Waals surface area contributed by atoms with Gasteiger partial charge in [0.2, 0.25) is 0 Å². The Morgan fingerprint density at radius 2 is 2.00 bits per heavy atom. The van der Waals surface area contributed by atoms with E-state index in [9.17, 15) is 14.7 Å². The highest BCUT2D eigenvalue weighted by atomic mass is 79.9. The van der Waals surface area contributed by atoms with Crippen molar-refractivity contribution in [2.75, 3.05) is 7.11 Å². The lowest BCUT2D eigenvalue weighted by molar-refractivity contribution is 0.0997. The first-order valence-electron chi connectivity index (χ1n) is 8.35. The summed E-state index contributed by atoms with van der Waals surface area (Å²) in [5.41, 5.74) is 5.68. The fourth-order valence-electron chi connectivity index (χ4n) is 3.01. The van der Waals surface area contributed by atoms with Gasteiger partial charge in [0.1, 0.15) is 17.0 Å². The standard InChI is InChI=1S/C19H14BrN5O4/c1-29-13-5-3-2-4-11(13)25-18-15(23-19(25)28)14(16(21)27)22-17(24-18)10-8-9(20)6-7-12(10)26/h2-8,26H,1H3,(H2,21,27)(H,23,28). The van der Waals surface area contributed by atoms with Gasteiger partial charge in [0.05, 0.1) is 18.4 Å². The Labute approximate surface area is 171 Å². The number of para-hydroxylation sites is 2. The normalized spacial score (nSPS) is 11.0. The highest BCUT2D eigenvalue weighted by Crippen LogP contribution is 2.32. The van der Waals surface area contributed by atoms with Gasteiger partial charge in [-0.25, -0.2) is 19.3 Å². The zero-order valence-corrected chi connectivity index (χ0v) is 16.6. The van der Waals surface area contributed by atoms with Gasteiger partial charge >= 0.3 is 5.69 Å². The third-order valence-electron chi connectivity index (χ3n) is 4.30. The van der Waals surface area contributed by atoms with E-state index in [0.29, 0.717) is 15.9 Å². The number of benzene rings is 2. The minimum Gasteiger partial charge on any atom is -0.507 e. The SMILES string of the molecule is COc1ccccc1-n1c(=O)[nH]c2c(C(N)=O)nc(-c3cc(Br)ccc3O)nc21. The van der Waals surface area contributed by atoms with Crippen molar-refractivity contribution in [3.05, 3.63) is 63.1 Å². The molecule has 0 atom stereocenters. The topological polar surface area (TPSA) is 136 Å². The molecule has 29 heavy (non-hydrogen) atoms. The molecular weight excluding hydrogens is 442 g/mol. The van der Waals surface area contributed by atoms with Gasteiger partial charge in [0.25, 0.3) is 5.91 Å². The molecule has 0 unspecified atom stereocenters. The summed E-state index contributed by atoms with van der Waals surface area (Å²) in [7, 11) is 1.48. The van der Waals surface area contributed by atoms with Crippen molar-refractivity contribution in [1.82, 2.24) is 19.5 Å². The Morgan fingerprint density at radius 3 is 2.72 bits per heavy atom. The minimum atomic E-state index is -0.846. The molecule has 146 valence electrons. The van der Waals surface area contributed by atoms with Gasteiger partial charge in [0.15, 0.2) is 17.2 Å². The van der Waals surface area contributed by atoms with Crippen LogP contribution in [-0.2, 0) is 0 Å². The molecule has 2 aromatic carbocycles. The van der Waals surface area contributed by atoms with Crippen molar-refractivity contribution in [2.45, 2.75) is 0 Å². The summed E-state index contributed by atoms with van der Waals surface area (Å²) in [6.07, 6.45) is 0. The summed E-state index contributed by atoms with van der Waals surface area (Å²) in [4.78, 5) is 36.0. The van der Waals surface area contributed by atoms with Gasteiger partial charge in [-0.2, -0.15) is 0 Å². The first kappa shape index (κ1) is 18.7. The van der Waals surface area contributed by atoms with Crippen LogP contribution in [0.25, 0.3) is 28.2 Å². The van der Waals surface area contributed by atoms with Gasteiger partial charge in [-0.15, -0.1) is 0 Å². The molecule has 9 nitrogen and oxygen atoms in total. The molecular formula is C19H14BrN5O4. The molecule has 0 fully saturated rings. The van der Waals surface area contributed by atoms with Crippen LogP contribution in [0.4, 0.5) is 0 Å². The molecule has 2 aromatic heterocycles. The molecule has 4 aromatic rings. The van der Waals surface area contributed by atoms with Crippen LogP contribution in [0.5, 0.6) is 11.5 Å². The second-order valence-corrected chi connectivity index (χ2v) is 6.97. The number of nitrogens with one attached hydrogen (secondary N) is 1. The van der Waals surface area contributed by atoms with Crippen LogP contribution in [0.15, 0.2) is 51.7 Å². The Morgan fingerprint density at radius 1 is 1.24 bits per heavy atom. The Bertz CT molecular complexity index is 1330. The van der Waals surface area contributed by atoms with E-state index < -0.39 is 11.6 Å². The molecule has 10 heteroatoms. The highest BCUT2D eigenvalue weighted by Gasteiger charge is 2.22. The fraction of sp³-hybridized carbons (Fsp3) is 0.0526. The van der Waals surface area contributed by atoms with Crippen molar-refractivity contribution < 1.29 is 14.6 Å². The van der Waals surface area contributed by atoms with E-state index in [4.69, 9.17) is 10.5 Å². The van der Waals surface area contributed by atoms with Crippen LogP contribution >= 0.6 is 15.9 Å². The number of imidazole rings is 1. The number of aromatic amines is 1. The van der Waals surface area contributed by atoms with Gasteiger partial charge in [-0.05, 0) is 30.3 Å². The molecule has 0 aliphatic carbocycles. The van der Waals surface area contributed by atoms with Gasteiger partial charge in [-0.1, -0.05) is 28.1 Å².